The molecule has 0 unspecified atom stereocenters. The molecule has 0 spiro atoms. The van der Waals surface area contributed by atoms with E-state index < -0.39 is 0 Å². The molecule has 7 nitrogen and oxygen atoms in total. The van der Waals surface area contributed by atoms with Crippen molar-refractivity contribution in [1.29, 1.82) is 0 Å². The number of nitrogens with one attached hydrogen (secondary N) is 1. The topological polar surface area (TPSA) is 71.1 Å². The van der Waals surface area contributed by atoms with Gasteiger partial charge in [0, 0.05) is 37.7 Å². The van der Waals surface area contributed by atoms with Crippen molar-refractivity contribution in [2.75, 3.05) is 34.4 Å². The van der Waals surface area contributed by atoms with Crippen molar-refractivity contribution in [2.24, 2.45) is 5.92 Å². The van der Waals surface area contributed by atoms with Crippen LogP contribution in [0.1, 0.15) is 61.0 Å². The maximum atomic E-state index is 13.4. The molecular weight excluding hydrogens is 454 g/mol. The molecule has 1 N–H and O–H groups in total. The summed E-state index contributed by atoms with van der Waals surface area (Å²) in [6.45, 7) is 7.09. The molecule has 2 amide bonds. The Balaban J connectivity index is 1.69. The second-order valence-electron chi connectivity index (χ2n) is 9.51. The van der Waals surface area contributed by atoms with Gasteiger partial charge in [-0.3, -0.25) is 9.59 Å². The van der Waals surface area contributed by atoms with Crippen LogP contribution in [0.3, 0.4) is 0 Å². The van der Waals surface area contributed by atoms with Crippen LogP contribution in [0, 0.1) is 5.92 Å². The Morgan fingerprint density at radius 3 is 2.11 bits per heavy atom. The molecule has 0 atom stereocenters. The van der Waals surface area contributed by atoms with Gasteiger partial charge in [0.05, 0.1) is 14.2 Å². The lowest BCUT2D eigenvalue weighted by atomic mass is 9.97. The minimum atomic E-state index is -0.0559. The number of piperidine rings is 1. The molecule has 36 heavy (non-hydrogen) atoms. The van der Waals surface area contributed by atoms with Crippen molar-refractivity contribution in [3.63, 3.8) is 0 Å². The summed E-state index contributed by atoms with van der Waals surface area (Å²) in [6, 6.07) is 13.6. The highest BCUT2D eigenvalue weighted by atomic mass is 16.5. The third-order valence-electron chi connectivity index (χ3n) is 7.14. The molecule has 196 valence electrons. The van der Waals surface area contributed by atoms with Gasteiger partial charge in [0.1, 0.15) is 0 Å². The summed E-state index contributed by atoms with van der Waals surface area (Å²) in [4.78, 5) is 30.2. The molecule has 1 aliphatic rings. The van der Waals surface area contributed by atoms with E-state index in [1.807, 2.05) is 42.5 Å². The molecule has 1 saturated heterocycles. The summed E-state index contributed by atoms with van der Waals surface area (Å²) in [5.41, 5.74) is 2.63. The predicted octanol–water partition coefficient (Wildman–Crippen LogP) is 4.49. The Kier molecular flexibility index (Phi) is 10.2. The van der Waals surface area contributed by atoms with Gasteiger partial charge in [-0.15, -0.1) is 0 Å². The molecule has 3 rings (SSSR count). The van der Waals surface area contributed by atoms with E-state index in [9.17, 15) is 9.59 Å². The average molecular weight is 496 g/mol. The lowest BCUT2D eigenvalue weighted by Gasteiger charge is -2.37. The van der Waals surface area contributed by atoms with Gasteiger partial charge in [-0.1, -0.05) is 32.0 Å². The zero-order chi connectivity index (χ0) is 26.1. The van der Waals surface area contributed by atoms with E-state index in [2.05, 4.69) is 24.1 Å². The molecule has 1 aliphatic heterocycles. The van der Waals surface area contributed by atoms with Crippen molar-refractivity contribution in [2.45, 2.75) is 58.7 Å². The summed E-state index contributed by atoms with van der Waals surface area (Å²) in [5.74, 6) is 1.56. The van der Waals surface area contributed by atoms with Crippen molar-refractivity contribution < 1.29 is 19.1 Å². The number of benzene rings is 2. The fourth-order valence-corrected chi connectivity index (χ4v) is 4.87. The smallest absolute Gasteiger partial charge is 0.253 e. The van der Waals surface area contributed by atoms with Crippen molar-refractivity contribution in [1.82, 2.24) is 15.1 Å². The van der Waals surface area contributed by atoms with E-state index >= 15 is 0 Å². The lowest BCUT2D eigenvalue weighted by molar-refractivity contribution is -0.139. The number of methoxy groups -OCH3 is 2. The van der Waals surface area contributed by atoms with Gasteiger partial charge in [-0.25, -0.2) is 0 Å². The van der Waals surface area contributed by atoms with Gasteiger partial charge in [0.25, 0.3) is 5.91 Å². The van der Waals surface area contributed by atoms with Crippen LogP contribution < -0.4 is 14.8 Å². The fraction of sp³-hybridized carbons (Fsp3) is 0.517. The highest BCUT2D eigenvalue weighted by Crippen LogP contribution is 2.28. The van der Waals surface area contributed by atoms with E-state index in [4.69, 9.17) is 9.47 Å². The van der Waals surface area contributed by atoms with E-state index in [1.54, 1.807) is 26.2 Å². The number of hydrogen-bond acceptors (Lipinski definition) is 5. The Bertz CT molecular complexity index is 998. The molecule has 0 saturated carbocycles. The van der Waals surface area contributed by atoms with Crippen LogP contribution in [0.2, 0.25) is 0 Å². The molecule has 0 radical (unpaired) electrons. The Hall–Kier alpha value is -3.06. The highest BCUT2D eigenvalue weighted by Gasteiger charge is 2.29. The third-order valence-corrected chi connectivity index (χ3v) is 7.14. The van der Waals surface area contributed by atoms with Gasteiger partial charge in [-0.05, 0) is 74.2 Å². The van der Waals surface area contributed by atoms with Gasteiger partial charge in [0.15, 0.2) is 11.5 Å². The largest absolute Gasteiger partial charge is 0.493 e. The zero-order valence-corrected chi connectivity index (χ0v) is 22.4. The molecule has 0 bridgehead atoms. The highest BCUT2D eigenvalue weighted by molar-refractivity contribution is 5.94. The van der Waals surface area contributed by atoms with Crippen molar-refractivity contribution in [3.8, 4) is 11.5 Å². The number of carbonyl (C=O) groups is 2. The standard InChI is InChI=1S/C29H41N3O4/c1-6-23(7-2)29(34)32(25-14-16-30-17-15-25)20-21-8-11-24(12-9-21)28(33)31(3)19-22-10-13-26(35-4)27(18-22)36-5/h8-13,18,23,25,30H,6-7,14-17,19-20H2,1-5H3. The first kappa shape index (κ1) is 27.5. The monoisotopic (exact) mass is 495 g/mol. The number of amides is 2. The second kappa shape index (κ2) is 13.3. The van der Waals surface area contributed by atoms with Gasteiger partial charge in [-0.2, -0.15) is 0 Å². The van der Waals surface area contributed by atoms with Gasteiger partial charge < -0.3 is 24.6 Å². The average Bonchev–Trinajstić information content (AvgIpc) is 2.92. The van der Waals surface area contributed by atoms with Gasteiger partial charge in [0.2, 0.25) is 5.91 Å². The Morgan fingerprint density at radius 2 is 1.53 bits per heavy atom. The normalized spacial score (nSPS) is 13.9. The number of hydrogen-bond donors (Lipinski definition) is 1. The molecule has 1 fully saturated rings. The van der Waals surface area contributed by atoms with Crippen LogP contribution in [0.4, 0.5) is 0 Å². The maximum Gasteiger partial charge on any atom is 0.253 e. The first-order chi connectivity index (χ1) is 17.4. The maximum absolute atomic E-state index is 13.4. The van der Waals surface area contributed by atoms with Crippen LogP contribution in [0.15, 0.2) is 42.5 Å². The molecule has 0 aromatic heterocycles. The van der Waals surface area contributed by atoms with Crippen LogP contribution in [-0.4, -0.2) is 62.0 Å². The molecule has 2 aromatic carbocycles. The summed E-state index contributed by atoms with van der Waals surface area (Å²) < 4.78 is 10.7. The summed E-state index contributed by atoms with van der Waals surface area (Å²) in [5, 5.41) is 3.40. The number of carbonyl (C=O) groups excluding carboxylic acids is 2. The summed E-state index contributed by atoms with van der Waals surface area (Å²) >= 11 is 0. The van der Waals surface area contributed by atoms with Crippen LogP contribution in [0.5, 0.6) is 11.5 Å². The third kappa shape index (κ3) is 6.78. The lowest BCUT2D eigenvalue weighted by Crippen LogP contribution is -2.47. The van der Waals surface area contributed by atoms with Crippen molar-refractivity contribution >= 4 is 11.8 Å². The quantitative estimate of drug-likeness (QED) is 0.497. The number of ether oxygens (including phenoxy) is 2. The first-order valence-electron chi connectivity index (χ1n) is 13.0. The Morgan fingerprint density at radius 1 is 0.917 bits per heavy atom. The molecule has 7 heteroatoms. The SMILES string of the molecule is CCC(CC)C(=O)N(Cc1ccc(C(=O)N(C)Cc2ccc(OC)c(OC)c2)cc1)C1CCNCC1. The van der Waals surface area contributed by atoms with E-state index in [-0.39, 0.29) is 23.8 Å². The zero-order valence-electron chi connectivity index (χ0n) is 22.4. The summed E-state index contributed by atoms with van der Waals surface area (Å²) in [7, 11) is 4.99. The van der Waals surface area contributed by atoms with Crippen molar-refractivity contribution in [3.05, 3.63) is 59.2 Å². The molecular formula is C29H41N3O4. The van der Waals surface area contributed by atoms with E-state index in [0.29, 0.717) is 30.2 Å². The minimum Gasteiger partial charge on any atom is -0.493 e. The first-order valence-corrected chi connectivity index (χ1v) is 13.0. The predicted molar refractivity (Wildman–Crippen MR) is 142 cm³/mol. The molecule has 2 aromatic rings. The fourth-order valence-electron chi connectivity index (χ4n) is 4.87. The van der Waals surface area contributed by atoms with Crippen LogP contribution >= 0.6 is 0 Å². The van der Waals surface area contributed by atoms with Crippen LogP contribution in [0.25, 0.3) is 0 Å². The van der Waals surface area contributed by atoms with Gasteiger partial charge >= 0.3 is 0 Å². The minimum absolute atomic E-state index is 0.0559. The van der Waals surface area contributed by atoms with Crippen LogP contribution in [-0.2, 0) is 17.9 Å². The second-order valence-corrected chi connectivity index (χ2v) is 9.51. The van der Waals surface area contributed by atoms with E-state index in [1.165, 1.54) is 0 Å². The van der Waals surface area contributed by atoms with E-state index in [0.717, 1.165) is 49.9 Å². The number of rotatable bonds is 11. The molecule has 0 aliphatic carbocycles. The summed E-state index contributed by atoms with van der Waals surface area (Å²) in [6.07, 6.45) is 3.67. The molecule has 1 heterocycles. The Labute approximate surface area is 215 Å². The number of nitrogens with zero attached hydrogens (tertiary/aromatic N) is 2.